The third-order valence-electron chi connectivity index (χ3n) is 3.38. The standard InChI is InChI=1S/C13H16N6O/c1-18-9-15-17-13(18)16-12(20)10-4-5-11(14-8-10)19-6-2-3-7-19/h4-5,8-9H,2-3,6-7H2,1H3,(H,16,17,20). The summed E-state index contributed by atoms with van der Waals surface area (Å²) in [6, 6.07) is 3.67. The van der Waals surface area contributed by atoms with Gasteiger partial charge in [-0.1, -0.05) is 0 Å². The van der Waals surface area contributed by atoms with Crippen molar-refractivity contribution in [1.82, 2.24) is 19.7 Å². The number of pyridine rings is 1. The maximum Gasteiger partial charge on any atom is 0.259 e. The first-order valence-electron chi connectivity index (χ1n) is 6.60. The van der Waals surface area contributed by atoms with Gasteiger partial charge in [-0.2, -0.15) is 0 Å². The van der Waals surface area contributed by atoms with Crippen LogP contribution in [0.4, 0.5) is 11.8 Å². The van der Waals surface area contributed by atoms with Crippen molar-refractivity contribution in [2.75, 3.05) is 23.3 Å². The minimum Gasteiger partial charge on any atom is -0.357 e. The summed E-state index contributed by atoms with van der Waals surface area (Å²) in [6.45, 7) is 2.08. The summed E-state index contributed by atoms with van der Waals surface area (Å²) in [5.41, 5.74) is 0.510. The van der Waals surface area contributed by atoms with Crippen LogP contribution >= 0.6 is 0 Å². The number of carbonyl (C=O) groups excluding carboxylic acids is 1. The highest BCUT2D eigenvalue weighted by atomic mass is 16.1. The highest BCUT2D eigenvalue weighted by Gasteiger charge is 2.15. The number of nitrogens with zero attached hydrogens (tertiary/aromatic N) is 5. The van der Waals surface area contributed by atoms with Crippen molar-refractivity contribution < 1.29 is 4.79 Å². The first-order valence-corrected chi connectivity index (χ1v) is 6.60. The highest BCUT2D eigenvalue weighted by Crippen LogP contribution is 2.17. The number of nitrogens with one attached hydrogen (secondary N) is 1. The van der Waals surface area contributed by atoms with Crippen molar-refractivity contribution in [2.24, 2.45) is 7.05 Å². The molecule has 1 amide bonds. The second kappa shape index (κ2) is 5.28. The zero-order valence-corrected chi connectivity index (χ0v) is 11.3. The molecule has 1 saturated heterocycles. The quantitative estimate of drug-likeness (QED) is 0.904. The van der Waals surface area contributed by atoms with Crippen LogP contribution in [0.15, 0.2) is 24.7 Å². The van der Waals surface area contributed by atoms with Gasteiger partial charge in [0.2, 0.25) is 5.95 Å². The molecule has 0 spiro atoms. The molecule has 0 radical (unpaired) electrons. The molecule has 7 nitrogen and oxygen atoms in total. The fraction of sp³-hybridized carbons (Fsp3) is 0.385. The third kappa shape index (κ3) is 2.47. The first kappa shape index (κ1) is 12.6. The SMILES string of the molecule is Cn1cnnc1NC(=O)c1ccc(N2CCCC2)nc1. The summed E-state index contributed by atoms with van der Waals surface area (Å²) < 4.78 is 1.64. The molecule has 7 heteroatoms. The normalized spacial score (nSPS) is 14.6. The number of hydrogen-bond acceptors (Lipinski definition) is 5. The van der Waals surface area contributed by atoms with Gasteiger partial charge in [0.15, 0.2) is 0 Å². The number of rotatable bonds is 3. The van der Waals surface area contributed by atoms with Crippen LogP contribution in [-0.4, -0.2) is 38.7 Å². The number of amides is 1. The monoisotopic (exact) mass is 272 g/mol. The Morgan fingerprint density at radius 3 is 2.70 bits per heavy atom. The minimum absolute atomic E-state index is 0.235. The van der Waals surface area contributed by atoms with Gasteiger partial charge in [-0.3, -0.25) is 10.1 Å². The van der Waals surface area contributed by atoms with E-state index in [2.05, 4.69) is 25.4 Å². The molecule has 2 aromatic rings. The minimum atomic E-state index is -0.235. The van der Waals surface area contributed by atoms with Crippen LogP contribution in [0.25, 0.3) is 0 Å². The molecule has 1 aliphatic rings. The van der Waals surface area contributed by atoms with E-state index in [0.29, 0.717) is 11.5 Å². The molecular weight excluding hydrogens is 256 g/mol. The Balaban J connectivity index is 1.70. The second-order valence-corrected chi connectivity index (χ2v) is 4.82. The van der Waals surface area contributed by atoms with E-state index in [1.54, 1.807) is 23.9 Å². The Hall–Kier alpha value is -2.44. The van der Waals surface area contributed by atoms with E-state index in [4.69, 9.17) is 0 Å². The maximum atomic E-state index is 12.1. The summed E-state index contributed by atoms with van der Waals surface area (Å²) in [5, 5.41) is 10.2. The van der Waals surface area contributed by atoms with Crippen LogP contribution in [0.2, 0.25) is 0 Å². The Morgan fingerprint density at radius 1 is 1.30 bits per heavy atom. The molecule has 2 aromatic heterocycles. The molecule has 0 unspecified atom stereocenters. The first-order chi connectivity index (χ1) is 9.74. The van der Waals surface area contributed by atoms with E-state index in [-0.39, 0.29) is 5.91 Å². The molecule has 1 N–H and O–H groups in total. The Bertz CT molecular complexity index is 600. The Morgan fingerprint density at radius 2 is 2.10 bits per heavy atom. The van der Waals surface area contributed by atoms with E-state index in [0.717, 1.165) is 18.9 Å². The molecule has 0 aliphatic carbocycles. The van der Waals surface area contributed by atoms with Crippen molar-refractivity contribution >= 4 is 17.7 Å². The molecule has 1 aliphatic heterocycles. The van der Waals surface area contributed by atoms with Gasteiger partial charge < -0.3 is 9.47 Å². The van der Waals surface area contributed by atoms with E-state index >= 15 is 0 Å². The lowest BCUT2D eigenvalue weighted by atomic mass is 10.2. The molecule has 104 valence electrons. The third-order valence-corrected chi connectivity index (χ3v) is 3.38. The van der Waals surface area contributed by atoms with Gasteiger partial charge in [0.05, 0.1) is 5.56 Å². The molecular formula is C13H16N6O. The summed E-state index contributed by atoms with van der Waals surface area (Å²) in [7, 11) is 1.77. The van der Waals surface area contributed by atoms with Gasteiger partial charge >= 0.3 is 0 Å². The van der Waals surface area contributed by atoms with E-state index < -0.39 is 0 Å². The topological polar surface area (TPSA) is 75.9 Å². The average molecular weight is 272 g/mol. The van der Waals surface area contributed by atoms with Crippen LogP contribution in [0.5, 0.6) is 0 Å². The largest absolute Gasteiger partial charge is 0.357 e. The van der Waals surface area contributed by atoms with Gasteiger partial charge in [0, 0.05) is 26.3 Å². The lowest BCUT2D eigenvalue weighted by molar-refractivity contribution is 0.102. The van der Waals surface area contributed by atoms with Crippen LogP contribution in [0, 0.1) is 0 Å². The van der Waals surface area contributed by atoms with Gasteiger partial charge in [0.1, 0.15) is 12.1 Å². The van der Waals surface area contributed by atoms with Gasteiger partial charge in [-0.05, 0) is 25.0 Å². The lowest BCUT2D eigenvalue weighted by Crippen LogP contribution is -2.20. The predicted octanol–water partition coefficient (Wildman–Crippen LogP) is 1.06. The van der Waals surface area contributed by atoms with Gasteiger partial charge in [-0.25, -0.2) is 4.98 Å². The van der Waals surface area contributed by atoms with Gasteiger partial charge in [-0.15, -0.1) is 10.2 Å². The van der Waals surface area contributed by atoms with Gasteiger partial charge in [0.25, 0.3) is 5.91 Å². The number of aromatic nitrogens is 4. The van der Waals surface area contributed by atoms with E-state index in [1.807, 2.05) is 6.07 Å². The smallest absolute Gasteiger partial charge is 0.259 e. The Kier molecular flexibility index (Phi) is 3.32. The molecule has 20 heavy (non-hydrogen) atoms. The summed E-state index contributed by atoms with van der Waals surface area (Å²) in [6.07, 6.45) is 5.54. The summed E-state index contributed by atoms with van der Waals surface area (Å²) in [5.74, 6) is 1.11. The molecule has 0 aromatic carbocycles. The van der Waals surface area contributed by atoms with Crippen molar-refractivity contribution in [3.8, 4) is 0 Å². The highest BCUT2D eigenvalue weighted by molar-refractivity contribution is 6.03. The molecule has 0 saturated carbocycles. The summed E-state index contributed by atoms with van der Waals surface area (Å²) >= 11 is 0. The fourth-order valence-corrected chi connectivity index (χ4v) is 2.22. The zero-order chi connectivity index (χ0) is 13.9. The fourth-order valence-electron chi connectivity index (χ4n) is 2.22. The van der Waals surface area contributed by atoms with E-state index in [1.165, 1.54) is 19.2 Å². The molecule has 0 atom stereocenters. The van der Waals surface area contributed by atoms with Crippen LogP contribution in [0.1, 0.15) is 23.2 Å². The maximum absolute atomic E-state index is 12.1. The van der Waals surface area contributed by atoms with Crippen molar-refractivity contribution in [3.63, 3.8) is 0 Å². The number of aryl methyl sites for hydroxylation is 1. The lowest BCUT2D eigenvalue weighted by Gasteiger charge is -2.16. The van der Waals surface area contributed by atoms with Crippen LogP contribution < -0.4 is 10.2 Å². The van der Waals surface area contributed by atoms with Crippen LogP contribution in [0.3, 0.4) is 0 Å². The molecule has 3 heterocycles. The second-order valence-electron chi connectivity index (χ2n) is 4.82. The molecule has 3 rings (SSSR count). The van der Waals surface area contributed by atoms with E-state index in [9.17, 15) is 4.79 Å². The number of carbonyl (C=O) groups is 1. The molecule has 0 bridgehead atoms. The number of hydrogen-bond donors (Lipinski definition) is 1. The van der Waals surface area contributed by atoms with Crippen molar-refractivity contribution in [2.45, 2.75) is 12.8 Å². The average Bonchev–Trinajstić information content (AvgIpc) is 3.12. The van der Waals surface area contributed by atoms with Crippen LogP contribution in [-0.2, 0) is 7.05 Å². The van der Waals surface area contributed by atoms with Crippen molar-refractivity contribution in [1.29, 1.82) is 0 Å². The molecule has 1 fully saturated rings. The van der Waals surface area contributed by atoms with Crippen molar-refractivity contribution in [3.05, 3.63) is 30.2 Å². The summed E-state index contributed by atoms with van der Waals surface area (Å²) in [4.78, 5) is 18.6. The Labute approximate surface area is 116 Å². The predicted molar refractivity (Wildman–Crippen MR) is 74.6 cm³/mol. The zero-order valence-electron chi connectivity index (χ0n) is 11.3. The number of anilines is 2.